The predicted molar refractivity (Wildman–Crippen MR) is 126 cm³/mol. The zero-order chi connectivity index (χ0) is 23.2. The minimum Gasteiger partial charge on any atom is -0.347 e. The fraction of sp³-hybridized carbons (Fsp3) is 0.115. The van der Waals surface area contributed by atoms with Gasteiger partial charge < -0.3 is 5.32 Å². The molecule has 3 aromatic rings. The number of nitrogens with zero attached hydrogens (tertiary/aromatic N) is 2. The maximum Gasteiger partial charge on any atom is 0.264 e. The molecule has 1 aliphatic rings. The highest BCUT2D eigenvalue weighted by atomic mass is 32.2. The molecular formula is C26H20FN3O2S. The van der Waals surface area contributed by atoms with Crippen LogP contribution < -0.4 is 10.2 Å². The summed E-state index contributed by atoms with van der Waals surface area (Å²) >= 11 is 1.18. The molecule has 33 heavy (non-hydrogen) atoms. The fourth-order valence-corrected chi connectivity index (χ4v) is 4.82. The predicted octanol–water partition coefficient (Wildman–Crippen LogP) is 4.57. The third-order valence-electron chi connectivity index (χ3n) is 5.15. The van der Waals surface area contributed by atoms with Crippen molar-refractivity contribution in [3.63, 3.8) is 0 Å². The van der Waals surface area contributed by atoms with Crippen LogP contribution in [0.1, 0.15) is 11.1 Å². The van der Waals surface area contributed by atoms with E-state index in [1.807, 2.05) is 66.7 Å². The van der Waals surface area contributed by atoms with Crippen molar-refractivity contribution in [3.8, 4) is 6.07 Å². The molecule has 0 radical (unpaired) electrons. The quantitative estimate of drug-likeness (QED) is 0.435. The molecule has 0 saturated carbocycles. The van der Waals surface area contributed by atoms with Crippen molar-refractivity contribution < 1.29 is 14.0 Å². The van der Waals surface area contributed by atoms with Crippen LogP contribution in [0.2, 0.25) is 0 Å². The third kappa shape index (κ3) is 5.13. The molecule has 3 aromatic carbocycles. The Balaban J connectivity index is 1.67. The Morgan fingerprint density at radius 1 is 0.970 bits per heavy atom. The van der Waals surface area contributed by atoms with Gasteiger partial charge in [-0.3, -0.25) is 14.5 Å². The molecule has 0 bridgehead atoms. The van der Waals surface area contributed by atoms with Gasteiger partial charge in [-0.25, -0.2) is 4.39 Å². The number of benzene rings is 3. The number of carbonyl (C=O) groups excluding carboxylic acids is 2. The van der Waals surface area contributed by atoms with Gasteiger partial charge in [-0.2, -0.15) is 5.26 Å². The Kier molecular flexibility index (Phi) is 6.86. The van der Waals surface area contributed by atoms with E-state index in [2.05, 4.69) is 5.32 Å². The summed E-state index contributed by atoms with van der Waals surface area (Å²) in [7, 11) is 0. The molecule has 1 aliphatic heterocycles. The first-order valence-electron chi connectivity index (χ1n) is 10.3. The van der Waals surface area contributed by atoms with Crippen LogP contribution in [0.4, 0.5) is 10.1 Å². The van der Waals surface area contributed by atoms with Crippen molar-refractivity contribution in [1.29, 1.82) is 5.26 Å². The lowest BCUT2D eigenvalue weighted by molar-refractivity contribution is -0.117. The summed E-state index contributed by atoms with van der Waals surface area (Å²) in [5, 5.41) is 12.3. The van der Waals surface area contributed by atoms with Gasteiger partial charge in [0.1, 0.15) is 22.5 Å². The van der Waals surface area contributed by atoms with E-state index in [0.717, 1.165) is 11.1 Å². The Labute approximate surface area is 195 Å². The number of rotatable bonds is 6. The molecule has 1 unspecified atom stereocenters. The molecule has 1 atom stereocenters. The van der Waals surface area contributed by atoms with Crippen molar-refractivity contribution in [3.05, 3.63) is 112 Å². The van der Waals surface area contributed by atoms with Gasteiger partial charge >= 0.3 is 0 Å². The Bertz CT molecular complexity index is 1220. The molecular weight excluding hydrogens is 437 g/mol. The number of carbonyl (C=O) groups is 2. The summed E-state index contributed by atoms with van der Waals surface area (Å²) in [6, 6.07) is 26.3. The summed E-state index contributed by atoms with van der Waals surface area (Å²) in [5.74, 6) is -1.26. The molecule has 1 N–H and O–H groups in total. The number of amides is 2. The average molecular weight is 458 g/mol. The van der Waals surface area contributed by atoms with E-state index in [1.54, 1.807) is 0 Å². The van der Waals surface area contributed by atoms with Gasteiger partial charge in [-0.05, 0) is 41.8 Å². The van der Waals surface area contributed by atoms with Crippen LogP contribution in [0.3, 0.4) is 0 Å². The van der Waals surface area contributed by atoms with Crippen LogP contribution >= 0.6 is 11.8 Å². The number of nitrogens with one attached hydrogen (secondary N) is 1. The maximum absolute atomic E-state index is 13.5. The zero-order valence-corrected chi connectivity index (χ0v) is 18.4. The number of hydrogen-bond donors (Lipinski definition) is 1. The van der Waals surface area contributed by atoms with Crippen LogP contribution in [-0.4, -0.2) is 17.1 Å². The Morgan fingerprint density at radius 2 is 1.58 bits per heavy atom. The highest BCUT2D eigenvalue weighted by Crippen LogP contribution is 2.41. The van der Waals surface area contributed by atoms with Crippen molar-refractivity contribution in [2.45, 2.75) is 18.2 Å². The van der Waals surface area contributed by atoms with Crippen molar-refractivity contribution in [1.82, 2.24) is 5.32 Å². The number of anilines is 1. The van der Waals surface area contributed by atoms with Gasteiger partial charge in [0.15, 0.2) is 0 Å². The summed E-state index contributed by atoms with van der Waals surface area (Å²) in [5.41, 5.74) is 2.11. The summed E-state index contributed by atoms with van der Waals surface area (Å²) in [4.78, 5) is 27.6. The van der Waals surface area contributed by atoms with Crippen LogP contribution in [0, 0.1) is 17.1 Å². The fourth-order valence-electron chi connectivity index (χ4n) is 3.51. The van der Waals surface area contributed by atoms with E-state index in [9.17, 15) is 19.2 Å². The van der Waals surface area contributed by atoms with Crippen LogP contribution in [0.5, 0.6) is 0 Å². The number of thioether (sulfide) groups is 1. The third-order valence-corrected chi connectivity index (χ3v) is 6.41. The molecule has 7 heteroatoms. The van der Waals surface area contributed by atoms with E-state index in [1.165, 1.54) is 40.9 Å². The van der Waals surface area contributed by atoms with Gasteiger partial charge in [0, 0.05) is 12.2 Å². The minimum atomic E-state index is -0.566. The number of hydrogen-bond acceptors (Lipinski definition) is 4. The molecule has 1 fully saturated rings. The molecule has 2 amide bonds. The lowest BCUT2D eigenvalue weighted by atomic mass is 10.1. The second kappa shape index (κ2) is 10.2. The van der Waals surface area contributed by atoms with E-state index in [4.69, 9.17) is 0 Å². The van der Waals surface area contributed by atoms with Crippen LogP contribution in [0.15, 0.2) is 95.5 Å². The van der Waals surface area contributed by atoms with Crippen LogP contribution in [-0.2, 0) is 22.6 Å². The normalized spacial score (nSPS) is 16.9. The molecule has 0 aromatic heterocycles. The van der Waals surface area contributed by atoms with Crippen molar-refractivity contribution in [2.24, 2.45) is 0 Å². The average Bonchev–Trinajstić information content (AvgIpc) is 3.15. The molecule has 5 nitrogen and oxygen atoms in total. The molecule has 1 heterocycles. The lowest BCUT2D eigenvalue weighted by Crippen LogP contribution is -2.32. The topological polar surface area (TPSA) is 73.2 Å². The number of nitriles is 1. The van der Waals surface area contributed by atoms with E-state index < -0.39 is 17.0 Å². The summed E-state index contributed by atoms with van der Waals surface area (Å²) in [6.07, 6.45) is 0.440. The lowest BCUT2D eigenvalue weighted by Gasteiger charge is -2.18. The van der Waals surface area contributed by atoms with Crippen molar-refractivity contribution in [2.75, 3.05) is 4.90 Å². The Morgan fingerprint density at radius 3 is 2.18 bits per heavy atom. The van der Waals surface area contributed by atoms with Gasteiger partial charge in [-0.1, -0.05) is 72.4 Å². The van der Waals surface area contributed by atoms with Crippen molar-refractivity contribution >= 4 is 29.3 Å². The van der Waals surface area contributed by atoms with Gasteiger partial charge in [0.25, 0.3) is 5.91 Å². The highest BCUT2D eigenvalue weighted by molar-refractivity contribution is 8.05. The van der Waals surface area contributed by atoms with E-state index >= 15 is 0 Å². The van der Waals surface area contributed by atoms with Gasteiger partial charge in [-0.15, -0.1) is 0 Å². The van der Waals surface area contributed by atoms with Gasteiger partial charge in [0.2, 0.25) is 5.91 Å². The molecule has 0 aliphatic carbocycles. The minimum absolute atomic E-state index is 0.149. The maximum atomic E-state index is 13.5. The largest absolute Gasteiger partial charge is 0.347 e. The molecule has 4 rings (SSSR count). The first kappa shape index (κ1) is 22.3. The van der Waals surface area contributed by atoms with Crippen LogP contribution in [0.25, 0.3) is 0 Å². The number of halogens is 1. The first-order valence-corrected chi connectivity index (χ1v) is 11.2. The first-order chi connectivity index (χ1) is 16.1. The smallest absolute Gasteiger partial charge is 0.264 e. The van der Waals surface area contributed by atoms with E-state index in [-0.39, 0.29) is 23.1 Å². The second-order valence-electron chi connectivity index (χ2n) is 7.41. The highest BCUT2D eigenvalue weighted by Gasteiger charge is 2.40. The molecule has 1 saturated heterocycles. The Hall–Kier alpha value is -3.89. The standard InChI is InChI=1S/C26H20FN3O2S/c27-20-11-13-21(14-12-20)30-25(32)23(15-18-7-3-1-4-8-18)33-26(30)22(16-28)24(31)29-17-19-9-5-2-6-10-19/h1-14,23H,15,17H2,(H,29,31)/b26-22-. The van der Waals surface area contributed by atoms with E-state index in [0.29, 0.717) is 12.1 Å². The second-order valence-corrected chi connectivity index (χ2v) is 8.60. The SMILES string of the molecule is N#C/C(C(=O)NCc1ccccc1)=C1/SC(Cc2ccccc2)C(=O)N1c1ccc(F)cc1. The summed E-state index contributed by atoms with van der Waals surface area (Å²) in [6.45, 7) is 0.251. The molecule has 0 spiro atoms. The van der Waals surface area contributed by atoms with Gasteiger partial charge in [0.05, 0.1) is 5.25 Å². The molecule has 164 valence electrons. The monoisotopic (exact) mass is 457 g/mol. The zero-order valence-electron chi connectivity index (χ0n) is 17.6. The summed E-state index contributed by atoms with van der Waals surface area (Å²) < 4.78 is 13.5.